The maximum atomic E-state index is 10.6. The molecule has 0 heterocycles. The first-order valence-electron chi connectivity index (χ1n) is 4.12. The number of carbonyl (C=O) groups is 1. The summed E-state index contributed by atoms with van der Waals surface area (Å²) in [5.74, 6) is 0.172. The third kappa shape index (κ3) is 7.49. The zero-order chi connectivity index (χ0) is 8.69. The summed E-state index contributed by atoms with van der Waals surface area (Å²) in [6.07, 6.45) is 3.46. The van der Waals surface area contributed by atoms with Gasteiger partial charge in [-0.15, -0.1) is 0 Å². The maximum absolute atomic E-state index is 10.6. The Labute approximate surface area is 68.1 Å². The van der Waals surface area contributed by atoms with E-state index in [1.807, 2.05) is 0 Å². The van der Waals surface area contributed by atoms with Gasteiger partial charge in [-0.2, -0.15) is 0 Å². The van der Waals surface area contributed by atoms with Gasteiger partial charge in [-0.25, -0.2) is 0 Å². The molecule has 0 fully saturated rings. The Bertz CT molecular complexity index is 115. The third-order valence-corrected chi connectivity index (χ3v) is 1.58. The van der Waals surface area contributed by atoms with Crippen LogP contribution in [0.5, 0.6) is 0 Å². The molecule has 0 aliphatic rings. The largest absolute Gasteiger partial charge is 0.330 e. The van der Waals surface area contributed by atoms with Crippen molar-refractivity contribution in [3.8, 4) is 0 Å². The zero-order valence-electron chi connectivity index (χ0n) is 7.18. The molecule has 66 valence electrons. The average Bonchev–Trinajstić information content (AvgIpc) is 1.86. The molecular weight excluding hydrogens is 140 g/mol. The quantitative estimate of drug-likeness (QED) is 0.550. The summed E-state index contributed by atoms with van der Waals surface area (Å²) in [4.78, 5) is 10.6. The Hall–Kier alpha value is -0.410. The van der Waals surface area contributed by atoms with E-state index in [2.05, 4.69) is 0 Å². The molecule has 0 rings (SSSR count). The van der Waals surface area contributed by atoms with Crippen LogP contribution in [0.3, 0.4) is 0 Å². The van der Waals surface area contributed by atoms with Crippen LogP contribution in [0, 0.1) is 0 Å². The summed E-state index contributed by atoms with van der Waals surface area (Å²) in [6.45, 7) is 2.29. The highest BCUT2D eigenvalue weighted by Gasteiger charge is 2.04. The summed E-state index contributed by atoms with van der Waals surface area (Å²) in [5.41, 5.74) is 11.0. The molecule has 0 aromatic heterocycles. The van der Waals surface area contributed by atoms with E-state index in [1.165, 1.54) is 0 Å². The minimum atomic E-state index is 0.0408. The molecule has 3 nitrogen and oxygen atoms in total. The molecule has 0 aromatic rings. The zero-order valence-corrected chi connectivity index (χ0v) is 7.18. The Morgan fingerprint density at radius 3 is 2.55 bits per heavy atom. The predicted molar refractivity (Wildman–Crippen MR) is 46.2 cm³/mol. The van der Waals surface area contributed by atoms with E-state index in [-0.39, 0.29) is 11.8 Å². The second-order valence-electron chi connectivity index (χ2n) is 2.95. The van der Waals surface area contributed by atoms with Crippen molar-refractivity contribution in [3.63, 3.8) is 0 Å². The molecule has 0 bridgehead atoms. The first-order valence-corrected chi connectivity index (χ1v) is 4.12. The molecule has 0 aromatic carbocycles. The van der Waals surface area contributed by atoms with Gasteiger partial charge in [0.25, 0.3) is 0 Å². The van der Waals surface area contributed by atoms with Crippen LogP contribution in [0.2, 0.25) is 0 Å². The normalized spacial score (nSPS) is 13.0. The fourth-order valence-corrected chi connectivity index (χ4v) is 1.02. The van der Waals surface area contributed by atoms with E-state index < -0.39 is 0 Å². The van der Waals surface area contributed by atoms with Crippen LogP contribution in [-0.4, -0.2) is 18.4 Å². The van der Waals surface area contributed by atoms with E-state index in [0.717, 1.165) is 19.3 Å². The molecule has 4 N–H and O–H groups in total. The van der Waals surface area contributed by atoms with Gasteiger partial charge < -0.3 is 11.5 Å². The molecule has 1 atom stereocenters. The maximum Gasteiger partial charge on any atom is 0.131 e. The molecule has 0 amide bonds. The summed E-state index contributed by atoms with van der Waals surface area (Å²) in [6, 6.07) is 0.0408. The molecule has 1 unspecified atom stereocenters. The van der Waals surface area contributed by atoms with Crippen LogP contribution in [0.15, 0.2) is 0 Å². The van der Waals surface area contributed by atoms with Crippen molar-refractivity contribution in [1.29, 1.82) is 0 Å². The van der Waals surface area contributed by atoms with Gasteiger partial charge in [0, 0.05) is 12.5 Å². The monoisotopic (exact) mass is 158 g/mol. The van der Waals surface area contributed by atoms with E-state index in [9.17, 15) is 4.79 Å². The first-order chi connectivity index (χ1) is 5.16. The van der Waals surface area contributed by atoms with Crippen molar-refractivity contribution in [3.05, 3.63) is 0 Å². The van der Waals surface area contributed by atoms with Crippen LogP contribution in [-0.2, 0) is 4.79 Å². The van der Waals surface area contributed by atoms with Crippen LogP contribution >= 0.6 is 0 Å². The highest BCUT2D eigenvalue weighted by atomic mass is 16.1. The SMILES string of the molecule is CC(=O)CC(N)CCCCN. The number of nitrogens with two attached hydrogens (primary N) is 2. The summed E-state index contributed by atoms with van der Waals surface area (Å²) < 4.78 is 0. The summed E-state index contributed by atoms with van der Waals surface area (Å²) >= 11 is 0. The number of carbonyl (C=O) groups excluding carboxylic acids is 1. The first kappa shape index (κ1) is 10.6. The van der Waals surface area contributed by atoms with Gasteiger partial charge in [-0.3, -0.25) is 4.79 Å². The molecule has 3 heteroatoms. The summed E-state index contributed by atoms with van der Waals surface area (Å²) in [7, 11) is 0. The van der Waals surface area contributed by atoms with Gasteiger partial charge >= 0.3 is 0 Å². The van der Waals surface area contributed by atoms with Crippen molar-refractivity contribution in [1.82, 2.24) is 0 Å². The highest BCUT2D eigenvalue weighted by molar-refractivity contribution is 5.76. The fourth-order valence-electron chi connectivity index (χ4n) is 1.02. The minimum absolute atomic E-state index is 0.0408. The highest BCUT2D eigenvalue weighted by Crippen LogP contribution is 2.01. The van der Waals surface area contributed by atoms with Crippen molar-refractivity contribution < 1.29 is 4.79 Å². The van der Waals surface area contributed by atoms with Gasteiger partial charge in [0.1, 0.15) is 5.78 Å². The molecule has 0 spiro atoms. The number of rotatable bonds is 6. The van der Waals surface area contributed by atoms with Crippen LogP contribution < -0.4 is 11.5 Å². The fraction of sp³-hybridized carbons (Fsp3) is 0.875. The van der Waals surface area contributed by atoms with Crippen LogP contribution in [0.1, 0.15) is 32.6 Å². The van der Waals surface area contributed by atoms with Crippen molar-refractivity contribution in [2.24, 2.45) is 11.5 Å². The number of hydrogen-bond donors (Lipinski definition) is 2. The van der Waals surface area contributed by atoms with E-state index in [4.69, 9.17) is 11.5 Å². The molecule has 0 aliphatic carbocycles. The summed E-state index contributed by atoms with van der Waals surface area (Å²) in [5, 5.41) is 0. The Kier molecular flexibility index (Phi) is 6.07. The number of hydrogen-bond acceptors (Lipinski definition) is 3. The average molecular weight is 158 g/mol. The van der Waals surface area contributed by atoms with Crippen LogP contribution in [0.4, 0.5) is 0 Å². The number of Topliss-reactive ketones (excluding diaryl/α,β-unsaturated/α-hetero) is 1. The van der Waals surface area contributed by atoms with Crippen molar-refractivity contribution in [2.75, 3.05) is 6.54 Å². The molecule has 0 saturated carbocycles. The van der Waals surface area contributed by atoms with E-state index in [1.54, 1.807) is 6.92 Å². The Morgan fingerprint density at radius 2 is 2.09 bits per heavy atom. The lowest BCUT2D eigenvalue weighted by molar-refractivity contribution is -0.117. The molecular formula is C8H18N2O. The minimum Gasteiger partial charge on any atom is -0.330 e. The second kappa shape index (κ2) is 6.31. The number of unbranched alkanes of at least 4 members (excludes halogenated alkanes) is 1. The lowest BCUT2D eigenvalue weighted by atomic mass is 10.1. The smallest absolute Gasteiger partial charge is 0.131 e. The Morgan fingerprint density at radius 1 is 1.45 bits per heavy atom. The van der Waals surface area contributed by atoms with Crippen molar-refractivity contribution in [2.45, 2.75) is 38.6 Å². The van der Waals surface area contributed by atoms with Crippen LogP contribution in [0.25, 0.3) is 0 Å². The predicted octanol–water partition coefficient (Wildman–Crippen LogP) is 0.422. The van der Waals surface area contributed by atoms with E-state index in [0.29, 0.717) is 13.0 Å². The lowest BCUT2D eigenvalue weighted by Gasteiger charge is -2.07. The standard InChI is InChI=1S/C8H18N2O/c1-7(11)6-8(10)4-2-3-5-9/h8H,2-6,9-10H2,1H3. The molecule has 0 aliphatic heterocycles. The molecule has 11 heavy (non-hydrogen) atoms. The van der Waals surface area contributed by atoms with Crippen molar-refractivity contribution >= 4 is 5.78 Å². The molecule has 0 saturated heterocycles. The van der Waals surface area contributed by atoms with Gasteiger partial charge in [0.2, 0.25) is 0 Å². The van der Waals surface area contributed by atoms with Gasteiger partial charge in [-0.05, 0) is 26.3 Å². The van der Waals surface area contributed by atoms with Gasteiger partial charge in [-0.1, -0.05) is 6.42 Å². The van der Waals surface area contributed by atoms with Gasteiger partial charge in [0.05, 0.1) is 0 Å². The topological polar surface area (TPSA) is 69.1 Å². The second-order valence-corrected chi connectivity index (χ2v) is 2.95. The Balaban J connectivity index is 3.22. The lowest BCUT2D eigenvalue weighted by Crippen LogP contribution is -2.22. The van der Waals surface area contributed by atoms with E-state index >= 15 is 0 Å². The van der Waals surface area contributed by atoms with Gasteiger partial charge in [0.15, 0.2) is 0 Å². The molecule has 0 radical (unpaired) electrons. The third-order valence-electron chi connectivity index (χ3n) is 1.58. The number of ketones is 1.